The van der Waals surface area contributed by atoms with Gasteiger partial charge in [-0.25, -0.2) is 0 Å². The van der Waals surface area contributed by atoms with Crippen LogP contribution in [0.2, 0.25) is 0 Å². The van der Waals surface area contributed by atoms with Crippen LogP contribution in [0.4, 0.5) is 19.0 Å². The number of amides is 1. The number of hydrogen-bond acceptors (Lipinski definition) is 5. The lowest BCUT2D eigenvalue weighted by Gasteiger charge is -2.30. The predicted molar refractivity (Wildman–Crippen MR) is 115 cm³/mol. The molecular formula is C23H28F3N5O. The van der Waals surface area contributed by atoms with E-state index in [0.717, 1.165) is 56.7 Å². The van der Waals surface area contributed by atoms with Crippen molar-refractivity contribution >= 4 is 11.7 Å². The molecule has 0 N–H and O–H groups in total. The summed E-state index contributed by atoms with van der Waals surface area (Å²) in [5.41, 5.74) is 0.0417. The predicted octanol–water partition coefficient (Wildman–Crippen LogP) is 3.59. The number of nitrogens with zero attached hydrogens (tertiary/aromatic N) is 5. The first-order chi connectivity index (χ1) is 15.3. The average Bonchev–Trinajstić information content (AvgIpc) is 3.50. The molecule has 9 heteroatoms. The molecule has 1 atom stereocenters. The van der Waals surface area contributed by atoms with Gasteiger partial charge in [-0.1, -0.05) is 12.1 Å². The van der Waals surface area contributed by atoms with E-state index >= 15 is 0 Å². The van der Waals surface area contributed by atoms with Crippen LogP contribution in [0.3, 0.4) is 0 Å². The fourth-order valence-electron chi connectivity index (χ4n) is 4.32. The molecule has 172 valence electrons. The van der Waals surface area contributed by atoms with Crippen molar-refractivity contribution in [1.29, 1.82) is 0 Å². The summed E-state index contributed by atoms with van der Waals surface area (Å²) in [5, 5.41) is 8.19. The van der Waals surface area contributed by atoms with Gasteiger partial charge in [-0.05, 0) is 62.6 Å². The Kier molecular flexibility index (Phi) is 6.64. The third-order valence-electron chi connectivity index (χ3n) is 6.10. The van der Waals surface area contributed by atoms with Crippen molar-refractivity contribution < 1.29 is 18.0 Å². The first-order valence-electron chi connectivity index (χ1n) is 11.0. The van der Waals surface area contributed by atoms with Gasteiger partial charge in [-0.3, -0.25) is 9.69 Å². The second kappa shape index (κ2) is 9.44. The number of benzene rings is 1. The van der Waals surface area contributed by atoms with Crippen LogP contribution in [0.15, 0.2) is 42.6 Å². The first kappa shape index (κ1) is 22.5. The highest BCUT2D eigenvalue weighted by Gasteiger charge is 2.34. The van der Waals surface area contributed by atoms with Crippen LogP contribution in [0, 0.1) is 0 Å². The standard InChI is InChI=1S/C23H28F3N5O/c1-29(15-20-4-3-13-30(20)21-5-2-12-27-28-21)16-22(32)31(19-10-11-19)14-17-6-8-18(9-7-17)23(24,25)26/h2,5-9,12,19-20H,3-4,10-11,13-16H2,1H3. The van der Waals surface area contributed by atoms with Crippen LogP contribution in [-0.2, 0) is 17.5 Å². The van der Waals surface area contributed by atoms with Gasteiger partial charge in [-0.15, -0.1) is 5.10 Å². The largest absolute Gasteiger partial charge is 0.416 e. The molecule has 32 heavy (non-hydrogen) atoms. The molecule has 2 aliphatic rings. The fraction of sp³-hybridized carbons (Fsp3) is 0.522. The molecule has 6 nitrogen and oxygen atoms in total. The summed E-state index contributed by atoms with van der Waals surface area (Å²) in [6.45, 7) is 2.28. The lowest BCUT2D eigenvalue weighted by molar-refractivity contribution is -0.137. The van der Waals surface area contributed by atoms with E-state index in [9.17, 15) is 18.0 Å². The summed E-state index contributed by atoms with van der Waals surface area (Å²) < 4.78 is 38.4. The molecule has 1 unspecified atom stereocenters. The molecule has 1 aromatic heterocycles. The highest BCUT2D eigenvalue weighted by atomic mass is 19.4. The molecular weight excluding hydrogens is 419 g/mol. The quantitative estimate of drug-likeness (QED) is 0.619. The summed E-state index contributed by atoms with van der Waals surface area (Å²) in [5.74, 6) is 0.871. The third kappa shape index (κ3) is 5.56. The SMILES string of the molecule is CN(CC(=O)N(Cc1ccc(C(F)(F)F)cc1)C1CC1)CC1CCCN1c1cccnn1. The molecule has 1 saturated heterocycles. The van der Waals surface area contributed by atoms with Gasteiger partial charge < -0.3 is 9.80 Å². The Morgan fingerprint density at radius 3 is 2.53 bits per heavy atom. The maximum absolute atomic E-state index is 13.1. The zero-order valence-corrected chi connectivity index (χ0v) is 18.1. The Labute approximate surface area is 186 Å². The van der Waals surface area contributed by atoms with E-state index in [-0.39, 0.29) is 24.5 Å². The van der Waals surface area contributed by atoms with Gasteiger partial charge in [0.15, 0.2) is 5.82 Å². The van der Waals surface area contributed by atoms with Gasteiger partial charge in [0.1, 0.15) is 0 Å². The topological polar surface area (TPSA) is 52.6 Å². The van der Waals surface area contributed by atoms with Crippen LogP contribution < -0.4 is 4.90 Å². The summed E-state index contributed by atoms with van der Waals surface area (Å²) >= 11 is 0. The van der Waals surface area contributed by atoms with Crippen molar-refractivity contribution in [3.8, 4) is 0 Å². The van der Waals surface area contributed by atoms with Gasteiger partial charge in [0.25, 0.3) is 0 Å². The van der Waals surface area contributed by atoms with Gasteiger partial charge in [0, 0.05) is 37.9 Å². The average molecular weight is 448 g/mol. The maximum atomic E-state index is 13.1. The lowest BCUT2D eigenvalue weighted by Crippen LogP contribution is -2.44. The van der Waals surface area contributed by atoms with Crippen molar-refractivity contribution in [1.82, 2.24) is 20.0 Å². The highest BCUT2D eigenvalue weighted by molar-refractivity contribution is 5.79. The summed E-state index contributed by atoms with van der Waals surface area (Å²) in [6.07, 6.45) is 1.30. The lowest BCUT2D eigenvalue weighted by atomic mass is 10.1. The van der Waals surface area contributed by atoms with Crippen LogP contribution in [0.5, 0.6) is 0 Å². The van der Waals surface area contributed by atoms with E-state index in [0.29, 0.717) is 12.1 Å². The molecule has 0 radical (unpaired) electrons. The highest BCUT2D eigenvalue weighted by Crippen LogP contribution is 2.31. The number of halogens is 3. The number of hydrogen-bond donors (Lipinski definition) is 0. The minimum absolute atomic E-state index is 0.0129. The van der Waals surface area contributed by atoms with Crippen molar-refractivity contribution in [3.63, 3.8) is 0 Å². The van der Waals surface area contributed by atoms with Crippen LogP contribution in [0.1, 0.15) is 36.8 Å². The van der Waals surface area contributed by atoms with Crippen molar-refractivity contribution in [2.75, 3.05) is 31.6 Å². The molecule has 1 aliphatic heterocycles. The number of alkyl halides is 3. The fourth-order valence-corrected chi connectivity index (χ4v) is 4.32. The van der Waals surface area contributed by atoms with E-state index in [1.165, 1.54) is 12.1 Å². The number of carbonyl (C=O) groups is 1. The molecule has 1 amide bonds. The summed E-state index contributed by atoms with van der Waals surface area (Å²) in [4.78, 5) is 19.1. The molecule has 4 rings (SSSR count). The molecule has 2 aromatic rings. The molecule has 1 aliphatic carbocycles. The summed E-state index contributed by atoms with van der Waals surface area (Å²) in [7, 11) is 1.94. The Morgan fingerprint density at radius 2 is 1.91 bits per heavy atom. The first-order valence-corrected chi connectivity index (χ1v) is 11.0. The number of carbonyl (C=O) groups excluding carboxylic acids is 1. The molecule has 1 saturated carbocycles. The Hall–Kier alpha value is -2.68. The van der Waals surface area contributed by atoms with E-state index in [1.54, 1.807) is 6.20 Å². The number of likely N-dealkylation sites (N-methyl/N-ethyl adjacent to an activating group) is 1. The van der Waals surface area contributed by atoms with Crippen molar-refractivity contribution in [2.45, 2.75) is 50.5 Å². The van der Waals surface area contributed by atoms with Crippen molar-refractivity contribution in [2.24, 2.45) is 0 Å². The van der Waals surface area contributed by atoms with Gasteiger partial charge in [0.2, 0.25) is 5.91 Å². The van der Waals surface area contributed by atoms with E-state index in [2.05, 4.69) is 15.1 Å². The van der Waals surface area contributed by atoms with Gasteiger partial charge >= 0.3 is 6.18 Å². The Morgan fingerprint density at radius 1 is 1.16 bits per heavy atom. The third-order valence-corrected chi connectivity index (χ3v) is 6.10. The molecule has 2 heterocycles. The minimum atomic E-state index is -4.35. The number of rotatable bonds is 8. The van der Waals surface area contributed by atoms with Crippen molar-refractivity contribution in [3.05, 3.63) is 53.7 Å². The summed E-state index contributed by atoms with van der Waals surface area (Å²) in [6, 6.07) is 9.37. The normalized spacial score (nSPS) is 18.9. The zero-order valence-electron chi connectivity index (χ0n) is 18.1. The second-order valence-corrected chi connectivity index (χ2v) is 8.72. The molecule has 0 bridgehead atoms. The molecule has 2 fully saturated rings. The second-order valence-electron chi connectivity index (χ2n) is 8.72. The number of aromatic nitrogens is 2. The maximum Gasteiger partial charge on any atom is 0.416 e. The van der Waals surface area contributed by atoms with E-state index < -0.39 is 11.7 Å². The Bertz CT molecular complexity index is 902. The molecule has 1 aromatic carbocycles. The molecule has 0 spiro atoms. The van der Waals surface area contributed by atoms with Gasteiger partial charge in [-0.2, -0.15) is 18.3 Å². The minimum Gasteiger partial charge on any atom is -0.351 e. The smallest absolute Gasteiger partial charge is 0.351 e. The number of anilines is 1. The van der Waals surface area contributed by atoms with Gasteiger partial charge in [0.05, 0.1) is 12.1 Å². The van der Waals surface area contributed by atoms with Crippen LogP contribution >= 0.6 is 0 Å². The Balaban J connectivity index is 1.35. The zero-order chi connectivity index (χ0) is 22.7. The van der Waals surface area contributed by atoms with Crippen LogP contribution in [0.25, 0.3) is 0 Å². The van der Waals surface area contributed by atoms with E-state index in [4.69, 9.17) is 0 Å². The van der Waals surface area contributed by atoms with Crippen LogP contribution in [-0.4, -0.2) is 64.7 Å². The van der Waals surface area contributed by atoms with E-state index in [1.807, 2.05) is 29.0 Å². The monoisotopic (exact) mass is 447 g/mol.